The Balaban J connectivity index is 2.10. The van der Waals surface area contributed by atoms with Crippen LogP contribution in [0.1, 0.15) is 10.5 Å². The van der Waals surface area contributed by atoms with Crippen molar-refractivity contribution >= 4 is 39.1 Å². The van der Waals surface area contributed by atoms with Crippen LogP contribution in [0.4, 0.5) is 14.5 Å². The number of amides is 1. The Labute approximate surface area is 126 Å². The van der Waals surface area contributed by atoms with E-state index in [2.05, 4.69) is 31.0 Å². The molecule has 2 rings (SSSR count). The van der Waals surface area contributed by atoms with Crippen LogP contribution in [0, 0.1) is 0 Å². The van der Waals surface area contributed by atoms with Crippen LogP contribution in [-0.4, -0.2) is 17.5 Å². The molecule has 1 amide bonds. The van der Waals surface area contributed by atoms with E-state index in [-0.39, 0.29) is 16.7 Å². The van der Waals surface area contributed by atoms with E-state index in [4.69, 9.17) is 11.6 Å². The number of alkyl halides is 2. The second kappa shape index (κ2) is 6.23. The zero-order chi connectivity index (χ0) is 14.7. The van der Waals surface area contributed by atoms with Crippen molar-refractivity contribution in [3.8, 4) is 5.75 Å². The van der Waals surface area contributed by atoms with E-state index in [1.807, 2.05) is 0 Å². The van der Waals surface area contributed by atoms with Crippen LogP contribution in [0.15, 0.2) is 34.9 Å². The summed E-state index contributed by atoms with van der Waals surface area (Å²) in [7, 11) is 0. The van der Waals surface area contributed by atoms with Crippen LogP contribution < -0.4 is 10.1 Å². The summed E-state index contributed by atoms with van der Waals surface area (Å²) in [5.74, 6) is -0.531. The van der Waals surface area contributed by atoms with Gasteiger partial charge in [-0.15, -0.1) is 0 Å². The molecule has 1 aromatic heterocycles. The first kappa shape index (κ1) is 14.8. The van der Waals surface area contributed by atoms with E-state index in [1.165, 1.54) is 18.2 Å². The topological polar surface area (TPSA) is 54.1 Å². The number of anilines is 1. The molecular weight excluding hydrogens is 357 g/mol. The molecule has 20 heavy (non-hydrogen) atoms. The molecule has 4 nitrogen and oxygen atoms in total. The van der Waals surface area contributed by atoms with Gasteiger partial charge >= 0.3 is 6.61 Å². The van der Waals surface area contributed by atoms with Gasteiger partial charge in [-0.25, -0.2) is 0 Å². The standard InChI is InChI=1S/C12H8BrClF2N2O2/c13-6-3-9(17-5-6)11(19)18-7-1-2-10(8(14)4-7)20-12(15)16/h1-5,12,17H,(H,18,19). The number of aromatic amines is 1. The van der Waals surface area contributed by atoms with E-state index in [0.717, 1.165) is 4.47 Å². The van der Waals surface area contributed by atoms with Gasteiger partial charge in [-0.3, -0.25) is 4.79 Å². The molecular formula is C12H8BrClF2N2O2. The summed E-state index contributed by atoms with van der Waals surface area (Å²) in [6.45, 7) is -2.95. The molecule has 0 aliphatic rings. The molecule has 0 aliphatic heterocycles. The Kier molecular flexibility index (Phi) is 4.61. The quantitative estimate of drug-likeness (QED) is 0.849. The van der Waals surface area contributed by atoms with Gasteiger partial charge in [0.25, 0.3) is 5.91 Å². The number of aromatic nitrogens is 1. The highest BCUT2D eigenvalue weighted by Crippen LogP contribution is 2.29. The number of halogens is 4. The highest BCUT2D eigenvalue weighted by atomic mass is 79.9. The number of hydrogen-bond acceptors (Lipinski definition) is 2. The summed E-state index contributed by atoms with van der Waals surface area (Å²) >= 11 is 8.99. The van der Waals surface area contributed by atoms with Gasteiger partial charge in [0.15, 0.2) is 0 Å². The van der Waals surface area contributed by atoms with Gasteiger partial charge < -0.3 is 15.0 Å². The molecule has 106 valence electrons. The van der Waals surface area contributed by atoms with Gasteiger partial charge in [-0.05, 0) is 40.2 Å². The molecule has 0 saturated carbocycles. The third-order valence-electron chi connectivity index (χ3n) is 2.30. The summed E-state index contributed by atoms with van der Waals surface area (Å²) < 4.78 is 29.1. The van der Waals surface area contributed by atoms with Crippen molar-refractivity contribution in [3.63, 3.8) is 0 Å². The number of rotatable bonds is 4. The smallest absolute Gasteiger partial charge is 0.387 e. The minimum absolute atomic E-state index is 0.0178. The highest BCUT2D eigenvalue weighted by Gasteiger charge is 2.12. The summed E-state index contributed by atoms with van der Waals surface area (Å²) in [4.78, 5) is 14.6. The first-order valence-electron chi connectivity index (χ1n) is 5.35. The van der Waals surface area contributed by atoms with Crippen LogP contribution >= 0.6 is 27.5 Å². The molecule has 0 fully saturated rings. The molecule has 2 N–H and O–H groups in total. The van der Waals surface area contributed by atoms with Gasteiger partial charge in [-0.1, -0.05) is 11.6 Å². The number of benzene rings is 1. The van der Waals surface area contributed by atoms with Crippen molar-refractivity contribution < 1.29 is 18.3 Å². The van der Waals surface area contributed by atoms with Gasteiger partial charge in [0.1, 0.15) is 11.4 Å². The lowest BCUT2D eigenvalue weighted by atomic mass is 10.3. The van der Waals surface area contributed by atoms with Crippen LogP contribution in [0.3, 0.4) is 0 Å². The number of carbonyl (C=O) groups excluding carboxylic acids is 1. The molecule has 0 radical (unpaired) electrons. The van der Waals surface area contributed by atoms with Crippen LogP contribution in [0.2, 0.25) is 5.02 Å². The third kappa shape index (κ3) is 3.71. The Morgan fingerprint density at radius 2 is 2.15 bits per heavy atom. The first-order valence-corrected chi connectivity index (χ1v) is 6.52. The molecule has 0 aliphatic carbocycles. The minimum Gasteiger partial charge on any atom is -0.433 e. The highest BCUT2D eigenvalue weighted by molar-refractivity contribution is 9.10. The minimum atomic E-state index is -2.95. The normalized spacial score (nSPS) is 10.7. The zero-order valence-corrected chi connectivity index (χ0v) is 12.1. The van der Waals surface area contributed by atoms with Gasteiger partial charge in [0.05, 0.1) is 5.02 Å². The van der Waals surface area contributed by atoms with Gasteiger partial charge in [-0.2, -0.15) is 8.78 Å². The van der Waals surface area contributed by atoms with Gasteiger partial charge in [0, 0.05) is 16.4 Å². The van der Waals surface area contributed by atoms with E-state index in [0.29, 0.717) is 11.4 Å². The summed E-state index contributed by atoms with van der Waals surface area (Å²) in [5, 5.41) is 2.56. The van der Waals surface area contributed by atoms with E-state index in [9.17, 15) is 13.6 Å². The number of H-pyrrole nitrogens is 1. The predicted molar refractivity (Wildman–Crippen MR) is 74.5 cm³/mol. The number of carbonyl (C=O) groups is 1. The average Bonchev–Trinajstić information content (AvgIpc) is 2.79. The molecule has 2 aromatic rings. The first-order chi connectivity index (χ1) is 9.45. The fraction of sp³-hybridized carbons (Fsp3) is 0.0833. The molecule has 0 bridgehead atoms. The van der Waals surface area contributed by atoms with E-state index < -0.39 is 6.61 Å². The van der Waals surface area contributed by atoms with Crippen molar-refractivity contribution in [2.45, 2.75) is 6.61 Å². The zero-order valence-electron chi connectivity index (χ0n) is 9.79. The maximum absolute atomic E-state index is 12.1. The molecule has 1 aromatic carbocycles. The van der Waals surface area contributed by atoms with Crippen molar-refractivity contribution in [2.75, 3.05) is 5.32 Å². The number of ether oxygens (including phenoxy) is 1. The van der Waals surface area contributed by atoms with Crippen LogP contribution in [-0.2, 0) is 0 Å². The summed E-state index contributed by atoms with van der Waals surface area (Å²) in [6.07, 6.45) is 1.61. The third-order valence-corrected chi connectivity index (χ3v) is 3.05. The van der Waals surface area contributed by atoms with E-state index in [1.54, 1.807) is 12.3 Å². The van der Waals surface area contributed by atoms with Crippen molar-refractivity contribution in [2.24, 2.45) is 0 Å². The predicted octanol–water partition coefficient (Wildman–Crippen LogP) is 4.28. The largest absolute Gasteiger partial charge is 0.433 e. The second-order valence-corrected chi connectivity index (χ2v) is 5.03. The average molecular weight is 366 g/mol. The molecule has 0 unspecified atom stereocenters. The Morgan fingerprint density at radius 1 is 1.40 bits per heavy atom. The lowest BCUT2D eigenvalue weighted by Gasteiger charge is -2.09. The fourth-order valence-electron chi connectivity index (χ4n) is 1.47. The second-order valence-electron chi connectivity index (χ2n) is 3.71. The molecule has 0 atom stereocenters. The SMILES string of the molecule is O=C(Nc1ccc(OC(F)F)c(Cl)c1)c1cc(Br)c[nH]1. The van der Waals surface area contributed by atoms with Gasteiger partial charge in [0.2, 0.25) is 0 Å². The lowest BCUT2D eigenvalue weighted by Crippen LogP contribution is -2.12. The maximum atomic E-state index is 12.1. The van der Waals surface area contributed by atoms with E-state index >= 15 is 0 Å². The Morgan fingerprint density at radius 3 is 2.70 bits per heavy atom. The molecule has 1 heterocycles. The van der Waals surface area contributed by atoms with Crippen LogP contribution in [0.25, 0.3) is 0 Å². The van der Waals surface area contributed by atoms with Crippen molar-refractivity contribution in [1.82, 2.24) is 4.98 Å². The maximum Gasteiger partial charge on any atom is 0.387 e. The van der Waals surface area contributed by atoms with Crippen LogP contribution in [0.5, 0.6) is 5.75 Å². The molecule has 0 saturated heterocycles. The van der Waals surface area contributed by atoms with Crippen molar-refractivity contribution in [1.29, 1.82) is 0 Å². The Bertz CT molecular complexity index is 634. The lowest BCUT2D eigenvalue weighted by molar-refractivity contribution is -0.0497. The Hall–Kier alpha value is -1.60. The number of nitrogens with one attached hydrogen (secondary N) is 2. The summed E-state index contributed by atoms with van der Waals surface area (Å²) in [6, 6.07) is 5.61. The summed E-state index contributed by atoms with van der Waals surface area (Å²) in [5.41, 5.74) is 0.716. The monoisotopic (exact) mass is 364 g/mol. The molecule has 0 spiro atoms. The fourth-order valence-corrected chi connectivity index (χ4v) is 2.04. The molecule has 8 heteroatoms. The number of hydrogen-bond donors (Lipinski definition) is 2. The van der Waals surface area contributed by atoms with Crippen molar-refractivity contribution in [3.05, 3.63) is 45.7 Å².